The van der Waals surface area contributed by atoms with Gasteiger partial charge in [-0.3, -0.25) is 5.10 Å². The maximum Gasteiger partial charge on any atom is 0.353 e. The van der Waals surface area contributed by atoms with E-state index in [1.54, 1.807) is 6.92 Å². The van der Waals surface area contributed by atoms with Crippen molar-refractivity contribution in [1.82, 2.24) is 10.2 Å². The van der Waals surface area contributed by atoms with Crippen LogP contribution in [0.15, 0.2) is 16.6 Å². The first-order valence-corrected chi connectivity index (χ1v) is 5.95. The summed E-state index contributed by atoms with van der Waals surface area (Å²) in [5, 5.41) is 15.1. The number of benzene rings is 1. The number of halogens is 2. The molecule has 0 spiro atoms. The molecule has 94 valence electrons. The fourth-order valence-corrected chi connectivity index (χ4v) is 2.32. The zero-order valence-electron chi connectivity index (χ0n) is 9.71. The molecule has 0 aliphatic rings. The molecule has 2 rings (SSSR count). The fraction of sp³-hybridized carbons (Fsp3) is 0.167. The smallest absolute Gasteiger partial charge is 0.353 e. The van der Waals surface area contributed by atoms with Crippen LogP contribution in [0.25, 0.3) is 11.3 Å². The third-order valence-corrected chi connectivity index (χ3v) is 3.58. The van der Waals surface area contributed by atoms with E-state index in [9.17, 15) is 9.18 Å². The zero-order chi connectivity index (χ0) is 13.4. The minimum absolute atomic E-state index is 0.0294. The molecule has 0 radical (unpaired) electrons. The fourth-order valence-electron chi connectivity index (χ4n) is 1.71. The second-order valence-electron chi connectivity index (χ2n) is 3.96. The lowest BCUT2D eigenvalue weighted by molar-refractivity contribution is 0.0690. The zero-order valence-corrected chi connectivity index (χ0v) is 11.3. The van der Waals surface area contributed by atoms with Gasteiger partial charge in [0.05, 0.1) is 10.2 Å². The molecule has 0 atom stereocenters. The van der Waals surface area contributed by atoms with Gasteiger partial charge in [-0.25, -0.2) is 9.18 Å². The van der Waals surface area contributed by atoms with Gasteiger partial charge < -0.3 is 5.11 Å². The first-order chi connectivity index (χ1) is 8.41. The highest BCUT2D eigenvalue weighted by Gasteiger charge is 2.17. The van der Waals surface area contributed by atoms with Crippen molar-refractivity contribution in [2.45, 2.75) is 13.8 Å². The molecule has 0 saturated carbocycles. The summed E-state index contributed by atoms with van der Waals surface area (Å²) >= 11 is 3.17. The highest BCUT2D eigenvalue weighted by atomic mass is 79.9. The Morgan fingerprint density at radius 1 is 1.44 bits per heavy atom. The van der Waals surface area contributed by atoms with Crippen LogP contribution in [0.3, 0.4) is 0 Å². The highest BCUT2D eigenvalue weighted by Crippen LogP contribution is 2.34. The number of hydrogen-bond donors (Lipinski definition) is 2. The third kappa shape index (κ3) is 2.03. The van der Waals surface area contributed by atoms with Crippen LogP contribution in [0, 0.1) is 19.7 Å². The van der Waals surface area contributed by atoms with Crippen molar-refractivity contribution in [3.8, 4) is 11.3 Å². The molecule has 6 heteroatoms. The number of aromatic amines is 1. The predicted octanol–water partition coefficient (Wildman–Crippen LogP) is 3.29. The van der Waals surface area contributed by atoms with Crippen molar-refractivity contribution in [3.63, 3.8) is 0 Å². The van der Waals surface area contributed by atoms with Crippen molar-refractivity contribution in [2.75, 3.05) is 0 Å². The van der Waals surface area contributed by atoms with Crippen LogP contribution >= 0.6 is 15.9 Å². The average Bonchev–Trinajstić information content (AvgIpc) is 2.76. The van der Waals surface area contributed by atoms with Crippen molar-refractivity contribution < 1.29 is 14.3 Å². The summed E-state index contributed by atoms with van der Waals surface area (Å²) < 4.78 is 14.0. The molecule has 0 aliphatic heterocycles. The molecule has 2 N–H and O–H groups in total. The second kappa shape index (κ2) is 4.53. The number of aromatic nitrogens is 2. The Kier molecular flexibility index (Phi) is 3.21. The standard InChI is InChI=1S/C12H10BrFN2O2/c1-5-3-7(14)11(13)10(6(5)2)8-4-9(12(17)18)16-15-8/h3-4H,1-2H3,(H,15,16)(H,17,18). The Labute approximate surface area is 111 Å². The molecule has 2 aromatic rings. The number of nitrogens with one attached hydrogen (secondary N) is 1. The van der Waals surface area contributed by atoms with Gasteiger partial charge in [-0.1, -0.05) is 0 Å². The largest absolute Gasteiger partial charge is 0.477 e. The number of carbonyl (C=O) groups is 1. The molecule has 0 saturated heterocycles. The Balaban J connectivity index is 2.66. The molecule has 1 aromatic carbocycles. The lowest BCUT2D eigenvalue weighted by Crippen LogP contribution is -1.95. The minimum Gasteiger partial charge on any atom is -0.477 e. The Morgan fingerprint density at radius 3 is 2.67 bits per heavy atom. The quantitative estimate of drug-likeness (QED) is 0.894. The number of H-pyrrole nitrogens is 1. The first kappa shape index (κ1) is 12.8. The van der Waals surface area contributed by atoms with Crippen molar-refractivity contribution >= 4 is 21.9 Å². The van der Waals surface area contributed by atoms with E-state index < -0.39 is 11.8 Å². The number of hydrogen-bond acceptors (Lipinski definition) is 2. The van der Waals surface area contributed by atoms with E-state index in [0.29, 0.717) is 11.3 Å². The number of rotatable bonds is 2. The molecule has 4 nitrogen and oxygen atoms in total. The van der Waals surface area contributed by atoms with Gasteiger partial charge in [0.2, 0.25) is 0 Å². The number of aromatic carboxylic acids is 1. The van der Waals surface area contributed by atoms with Crippen molar-refractivity contribution in [1.29, 1.82) is 0 Å². The van der Waals surface area contributed by atoms with Gasteiger partial charge >= 0.3 is 5.97 Å². The van der Waals surface area contributed by atoms with Crippen molar-refractivity contribution in [2.24, 2.45) is 0 Å². The molecular weight excluding hydrogens is 303 g/mol. The normalized spacial score (nSPS) is 10.7. The van der Waals surface area contributed by atoms with Gasteiger partial charge in [-0.2, -0.15) is 5.10 Å². The van der Waals surface area contributed by atoms with Crippen molar-refractivity contribution in [3.05, 3.63) is 39.2 Å². The maximum absolute atomic E-state index is 13.7. The summed E-state index contributed by atoms with van der Waals surface area (Å²) in [4.78, 5) is 10.8. The van der Waals surface area contributed by atoms with Crippen LogP contribution in [0.1, 0.15) is 21.6 Å². The molecule has 1 heterocycles. The number of aryl methyl sites for hydroxylation is 1. The SMILES string of the molecule is Cc1cc(F)c(Br)c(-c2cc(C(=O)O)[nH]n2)c1C. The number of carboxylic acids is 1. The van der Waals surface area contributed by atoms with Gasteiger partial charge in [0.15, 0.2) is 0 Å². The van der Waals surface area contributed by atoms with E-state index in [1.807, 2.05) is 6.92 Å². The second-order valence-corrected chi connectivity index (χ2v) is 4.75. The molecule has 0 fully saturated rings. The van der Waals surface area contributed by atoms with Gasteiger partial charge in [-0.15, -0.1) is 0 Å². The van der Waals surface area contributed by atoms with Crippen LogP contribution < -0.4 is 0 Å². The minimum atomic E-state index is -1.10. The van der Waals surface area contributed by atoms with Crippen LogP contribution in [-0.2, 0) is 0 Å². The molecule has 0 amide bonds. The van der Waals surface area contributed by atoms with E-state index >= 15 is 0 Å². The summed E-state index contributed by atoms with van der Waals surface area (Å²) in [7, 11) is 0. The molecular formula is C12H10BrFN2O2. The van der Waals surface area contributed by atoms with E-state index in [-0.39, 0.29) is 10.2 Å². The van der Waals surface area contributed by atoms with Gasteiger partial charge in [0.25, 0.3) is 0 Å². The monoisotopic (exact) mass is 312 g/mol. The lowest BCUT2D eigenvalue weighted by atomic mass is 10.0. The predicted molar refractivity (Wildman–Crippen MR) is 68.1 cm³/mol. The van der Waals surface area contributed by atoms with Crippen LogP contribution in [0.2, 0.25) is 0 Å². The van der Waals surface area contributed by atoms with Crippen LogP contribution in [0.5, 0.6) is 0 Å². The van der Waals surface area contributed by atoms with E-state index in [1.165, 1.54) is 12.1 Å². The molecule has 1 aromatic heterocycles. The lowest BCUT2D eigenvalue weighted by Gasteiger charge is -2.09. The summed E-state index contributed by atoms with van der Waals surface area (Å²) in [6.45, 7) is 3.63. The number of nitrogens with zero attached hydrogens (tertiary/aromatic N) is 1. The maximum atomic E-state index is 13.7. The summed E-state index contributed by atoms with van der Waals surface area (Å²) in [5.41, 5.74) is 2.58. The van der Waals surface area contributed by atoms with Gasteiger partial charge in [0.1, 0.15) is 11.5 Å². The van der Waals surface area contributed by atoms with E-state index in [4.69, 9.17) is 5.11 Å². The highest BCUT2D eigenvalue weighted by molar-refractivity contribution is 9.10. The van der Waals surface area contributed by atoms with E-state index in [0.717, 1.165) is 11.1 Å². The summed E-state index contributed by atoms with van der Waals surface area (Å²) in [6.07, 6.45) is 0. The van der Waals surface area contributed by atoms with Gasteiger partial charge in [0, 0.05) is 5.56 Å². The van der Waals surface area contributed by atoms with Crippen LogP contribution in [-0.4, -0.2) is 21.3 Å². The van der Waals surface area contributed by atoms with Crippen LogP contribution in [0.4, 0.5) is 4.39 Å². The Bertz CT molecular complexity index is 611. The number of carboxylic acid groups (broad SMARTS) is 1. The Morgan fingerprint density at radius 2 is 2.11 bits per heavy atom. The summed E-state index contributed by atoms with van der Waals surface area (Å²) in [6, 6.07) is 2.81. The molecule has 0 aliphatic carbocycles. The third-order valence-electron chi connectivity index (χ3n) is 2.80. The molecule has 0 unspecified atom stereocenters. The Hall–Kier alpha value is -1.69. The molecule has 18 heavy (non-hydrogen) atoms. The van der Waals surface area contributed by atoms with E-state index in [2.05, 4.69) is 26.1 Å². The summed E-state index contributed by atoms with van der Waals surface area (Å²) in [5.74, 6) is -1.50. The molecule has 0 bridgehead atoms. The first-order valence-electron chi connectivity index (χ1n) is 5.16. The topological polar surface area (TPSA) is 66.0 Å². The average molecular weight is 313 g/mol. The van der Waals surface area contributed by atoms with Gasteiger partial charge in [-0.05, 0) is 53.0 Å².